The number of H-pyrrole nitrogens is 1. The molecule has 5 nitrogen and oxygen atoms in total. The number of hydrogen-bond donors (Lipinski definition) is 3. The topological polar surface area (TPSA) is 88.3 Å². The lowest BCUT2D eigenvalue weighted by Crippen LogP contribution is -2.23. The van der Waals surface area contributed by atoms with Gasteiger partial charge >= 0.3 is 6.36 Å². The molecule has 15 heavy (non-hydrogen) atoms. The maximum absolute atomic E-state index is 11.8. The van der Waals surface area contributed by atoms with Gasteiger partial charge in [-0.25, -0.2) is 0 Å². The molecule has 0 bridgehead atoms. The van der Waals surface area contributed by atoms with Crippen LogP contribution in [0, 0.1) is 0 Å². The standard InChI is InChI=1S/C7H7F3N2O3/c8-7(9,10)15-4-1-3(2-11)5(13)12-6(4)14/h1H,2,11H2,(H2,12,13,14). The van der Waals surface area contributed by atoms with Gasteiger partial charge in [0.2, 0.25) is 0 Å². The third-order valence-corrected chi connectivity index (χ3v) is 1.51. The van der Waals surface area contributed by atoms with E-state index in [0.29, 0.717) is 0 Å². The van der Waals surface area contributed by atoms with E-state index in [1.54, 1.807) is 4.98 Å². The van der Waals surface area contributed by atoms with Crippen LogP contribution < -0.4 is 16.0 Å². The van der Waals surface area contributed by atoms with Crippen LogP contribution in [0.1, 0.15) is 5.56 Å². The molecule has 0 amide bonds. The summed E-state index contributed by atoms with van der Waals surface area (Å²) >= 11 is 0. The number of rotatable bonds is 2. The molecule has 0 saturated heterocycles. The Morgan fingerprint density at radius 1 is 1.53 bits per heavy atom. The van der Waals surface area contributed by atoms with Crippen LogP contribution in [0.25, 0.3) is 0 Å². The van der Waals surface area contributed by atoms with Gasteiger partial charge in [-0.2, -0.15) is 0 Å². The van der Waals surface area contributed by atoms with Gasteiger partial charge in [0.1, 0.15) is 0 Å². The summed E-state index contributed by atoms with van der Waals surface area (Å²) in [7, 11) is 0. The molecule has 1 aromatic heterocycles. The van der Waals surface area contributed by atoms with Crippen LogP contribution in [0.5, 0.6) is 11.6 Å². The van der Waals surface area contributed by atoms with E-state index < -0.39 is 23.6 Å². The van der Waals surface area contributed by atoms with Crippen LogP contribution in [0.15, 0.2) is 10.9 Å². The number of aromatic hydroxyl groups is 1. The number of ether oxygens (including phenoxy) is 1. The predicted octanol–water partition coefficient (Wildman–Crippen LogP) is 0.438. The summed E-state index contributed by atoms with van der Waals surface area (Å²) in [6.07, 6.45) is -4.96. The highest BCUT2D eigenvalue weighted by Gasteiger charge is 2.32. The molecule has 0 aromatic carbocycles. The Balaban J connectivity index is 3.14. The molecule has 0 aliphatic rings. The molecule has 84 valence electrons. The lowest BCUT2D eigenvalue weighted by molar-refractivity contribution is -0.275. The molecule has 1 aromatic rings. The minimum atomic E-state index is -4.96. The molecular formula is C7H7F3N2O3. The van der Waals surface area contributed by atoms with Gasteiger partial charge in [0.15, 0.2) is 11.6 Å². The van der Waals surface area contributed by atoms with Crippen LogP contribution >= 0.6 is 0 Å². The second-order valence-electron chi connectivity index (χ2n) is 2.59. The van der Waals surface area contributed by atoms with Crippen LogP contribution in [0.3, 0.4) is 0 Å². The van der Waals surface area contributed by atoms with E-state index in [1.807, 2.05) is 0 Å². The Bertz CT molecular complexity index is 413. The predicted molar refractivity (Wildman–Crippen MR) is 43.3 cm³/mol. The number of alkyl halides is 3. The highest BCUT2D eigenvalue weighted by Crippen LogP contribution is 2.22. The maximum Gasteiger partial charge on any atom is 0.573 e. The molecule has 8 heteroatoms. The summed E-state index contributed by atoms with van der Waals surface area (Å²) in [5, 5.41) is 9.04. The van der Waals surface area contributed by atoms with E-state index in [2.05, 4.69) is 4.74 Å². The van der Waals surface area contributed by atoms with Crippen molar-refractivity contribution in [2.24, 2.45) is 5.73 Å². The van der Waals surface area contributed by atoms with Gasteiger partial charge in [0, 0.05) is 12.1 Å². The second-order valence-corrected chi connectivity index (χ2v) is 2.59. The summed E-state index contributed by atoms with van der Waals surface area (Å²) < 4.78 is 38.8. The molecule has 0 atom stereocenters. The zero-order valence-corrected chi connectivity index (χ0v) is 7.26. The molecule has 1 rings (SSSR count). The van der Waals surface area contributed by atoms with Crippen molar-refractivity contribution in [3.8, 4) is 11.6 Å². The fourth-order valence-electron chi connectivity index (χ4n) is 0.898. The fraction of sp³-hybridized carbons (Fsp3) is 0.286. The number of pyridine rings is 1. The molecule has 0 fully saturated rings. The van der Waals surface area contributed by atoms with Gasteiger partial charge in [-0.1, -0.05) is 0 Å². The molecule has 0 aliphatic heterocycles. The zero-order chi connectivity index (χ0) is 11.6. The van der Waals surface area contributed by atoms with Crippen molar-refractivity contribution in [3.63, 3.8) is 0 Å². The van der Waals surface area contributed by atoms with Crippen LogP contribution in [0.4, 0.5) is 13.2 Å². The molecule has 4 N–H and O–H groups in total. The van der Waals surface area contributed by atoms with Crippen molar-refractivity contribution in [2.75, 3.05) is 0 Å². The average Bonchev–Trinajstić information content (AvgIpc) is 2.07. The summed E-state index contributed by atoms with van der Waals surface area (Å²) in [6, 6.07) is 0.738. The summed E-state index contributed by atoms with van der Waals surface area (Å²) in [5.41, 5.74) is 3.89. The van der Waals surface area contributed by atoms with E-state index in [9.17, 15) is 18.0 Å². The van der Waals surface area contributed by atoms with E-state index >= 15 is 0 Å². The minimum absolute atomic E-state index is 0.0474. The first-order valence-electron chi connectivity index (χ1n) is 3.74. The number of aromatic amines is 1. The number of nitrogens with one attached hydrogen (secondary N) is 1. The van der Waals surface area contributed by atoms with Crippen molar-refractivity contribution in [2.45, 2.75) is 12.9 Å². The molecule has 1 heterocycles. The molecule has 0 aliphatic carbocycles. The van der Waals surface area contributed by atoms with Crippen LogP contribution in [-0.2, 0) is 6.54 Å². The number of aromatic nitrogens is 1. The second kappa shape index (κ2) is 3.81. The lowest BCUT2D eigenvalue weighted by Gasteiger charge is -2.09. The van der Waals surface area contributed by atoms with Crippen molar-refractivity contribution in [1.29, 1.82) is 0 Å². The van der Waals surface area contributed by atoms with Gasteiger partial charge in [-0.3, -0.25) is 9.78 Å². The van der Waals surface area contributed by atoms with Gasteiger partial charge in [0.25, 0.3) is 5.56 Å². The maximum atomic E-state index is 11.8. The summed E-state index contributed by atoms with van der Waals surface area (Å²) in [4.78, 5) is 12.7. The van der Waals surface area contributed by atoms with Crippen LogP contribution in [-0.4, -0.2) is 16.5 Å². The summed E-state index contributed by atoms with van der Waals surface area (Å²) in [6.45, 7) is -0.225. The minimum Gasteiger partial charge on any atom is -0.494 e. The first-order valence-corrected chi connectivity index (χ1v) is 3.74. The Kier molecular flexibility index (Phi) is 2.89. The molecule has 0 unspecified atom stereocenters. The average molecular weight is 224 g/mol. The zero-order valence-electron chi connectivity index (χ0n) is 7.26. The van der Waals surface area contributed by atoms with E-state index in [1.165, 1.54) is 0 Å². The first-order chi connectivity index (χ1) is 6.83. The Labute approximate surface area is 81.3 Å². The van der Waals surface area contributed by atoms with E-state index in [-0.39, 0.29) is 12.1 Å². The van der Waals surface area contributed by atoms with Gasteiger partial charge in [-0.05, 0) is 6.07 Å². The quantitative estimate of drug-likeness (QED) is 0.680. The number of hydrogen-bond acceptors (Lipinski definition) is 4. The van der Waals surface area contributed by atoms with Crippen molar-refractivity contribution >= 4 is 0 Å². The summed E-state index contributed by atoms with van der Waals surface area (Å²) in [5.74, 6) is -1.53. The van der Waals surface area contributed by atoms with Crippen molar-refractivity contribution in [1.82, 2.24) is 4.98 Å². The molecule has 0 radical (unpaired) electrons. The van der Waals surface area contributed by atoms with Gasteiger partial charge < -0.3 is 15.6 Å². The van der Waals surface area contributed by atoms with Crippen LogP contribution in [0.2, 0.25) is 0 Å². The largest absolute Gasteiger partial charge is 0.573 e. The normalized spacial score (nSPS) is 11.5. The SMILES string of the molecule is NCc1cc(OC(F)(F)F)c(=O)[nH]c1O. The third-order valence-electron chi connectivity index (χ3n) is 1.51. The number of halogens is 3. The lowest BCUT2D eigenvalue weighted by atomic mass is 10.2. The Morgan fingerprint density at radius 3 is 2.60 bits per heavy atom. The van der Waals surface area contributed by atoms with Gasteiger partial charge in [0.05, 0.1) is 0 Å². The molecule has 0 spiro atoms. The smallest absolute Gasteiger partial charge is 0.494 e. The highest BCUT2D eigenvalue weighted by molar-refractivity contribution is 5.32. The number of nitrogens with two attached hydrogens (primary N) is 1. The Hall–Kier alpha value is -1.70. The Morgan fingerprint density at radius 2 is 2.13 bits per heavy atom. The third kappa shape index (κ3) is 2.88. The fourth-order valence-corrected chi connectivity index (χ4v) is 0.898. The van der Waals surface area contributed by atoms with E-state index in [4.69, 9.17) is 10.8 Å². The van der Waals surface area contributed by atoms with E-state index in [0.717, 1.165) is 6.07 Å². The molecule has 0 saturated carbocycles. The highest BCUT2D eigenvalue weighted by atomic mass is 19.4. The van der Waals surface area contributed by atoms with Gasteiger partial charge in [-0.15, -0.1) is 13.2 Å². The van der Waals surface area contributed by atoms with Crippen molar-refractivity contribution in [3.05, 3.63) is 22.0 Å². The monoisotopic (exact) mass is 224 g/mol. The molecular weight excluding hydrogens is 217 g/mol. The van der Waals surface area contributed by atoms with Crippen molar-refractivity contribution < 1.29 is 23.0 Å². The first kappa shape index (κ1) is 11.4.